The molecule has 1 fully saturated rings. The molecule has 16 heavy (non-hydrogen) atoms. The van der Waals surface area contributed by atoms with E-state index in [1.54, 1.807) is 10.9 Å². The second-order valence-corrected chi connectivity index (χ2v) is 4.19. The van der Waals surface area contributed by atoms with E-state index < -0.39 is 5.41 Å². The Hall–Kier alpha value is -1.90. The predicted molar refractivity (Wildman–Crippen MR) is 54.8 cm³/mol. The fraction of sp³-hybridized carbons (Fsp3) is 0.600. The lowest BCUT2D eigenvalue weighted by atomic mass is 10.1. The van der Waals surface area contributed by atoms with E-state index in [0.717, 1.165) is 0 Å². The number of aryl methyl sites for hydroxylation is 1. The second kappa shape index (κ2) is 3.59. The SMILES string of the molecule is CC(NC(=O)C1(C#N)CC1)c1nncn1C. The van der Waals surface area contributed by atoms with Crippen molar-refractivity contribution in [2.24, 2.45) is 12.5 Å². The van der Waals surface area contributed by atoms with Gasteiger partial charge in [-0.1, -0.05) is 0 Å². The van der Waals surface area contributed by atoms with Crippen LogP contribution < -0.4 is 5.32 Å². The number of hydrogen-bond donors (Lipinski definition) is 1. The lowest BCUT2D eigenvalue weighted by molar-refractivity contribution is -0.125. The number of aromatic nitrogens is 3. The van der Waals surface area contributed by atoms with E-state index in [1.165, 1.54) is 0 Å². The lowest BCUT2D eigenvalue weighted by Crippen LogP contribution is -2.34. The predicted octanol–water partition coefficient (Wildman–Crippen LogP) is 0.296. The van der Waals surface area contributed by atoms with Gasteiger partial charge in [0.05, 0.1) is 12.1 Å². The van der Waals surface area contributed by atoms with Gasteiger partial charge in [-0.3, -0.25) is 4.79 Å². The number of carbonyl (C=O) groups is 1. The highest BCUT2D eigenvalue weighted by Crippen LogP contribution is 2.45. The number of nitrogens with zero attached hydrogens (tertiary/aromatic N) is 4. The van der Waals surface area contributed by atoms with Crippen LogP contribution in [0.3, 0.4) is 0 Å². The zero-order valence-corrected chi connectivity index (χ0v) is 9.27. The normalized spacial score (nSPS) is 18.6. The Labute approximate surface area is 93.3 Å². The van der Waals surface area contributed by atoms with Crippen molar-refractivity contribution in [2.45, 2.75) is 25.8 Å². The average Bonchev–Trinajstić information content (AvgIpc) is 2.95. The molecule has 0 radical (unpaired) electrons. The smallest absolute Gasteiger partial charge is 0.241 e. The minimum absolute atomic E-state index is 0.203. The molecule has 1 aromatic rings. The van der Waals surface area contributed by atoms with E-state index in [9.17, 15) is 4.79 Å². The van der Waals surface area contributed by atoms with Crippen LogP contribution in [-0.4, -0.2) is 20.7 Å². The number of nitriles is 1. The van der Waals surface area contributed by atoms with E-state index in [2.05, 4.69) is 21.6 Å². The van der Waals surface area contributed by atoms with Gasteiger partial charge in [-0.2, -0.15) is 5.26 Å². The summed E-state index contributed by atoms with van der Waals surface area (Å²) in [7, 11) is 1.81. The topological polar surface area (TPSA) is 83.6 Å². The molecule has 1 aromatic heterocycles. The van der Waals surface area contributed by atoms with E-state index in [4.69, 9.17) is 5.26 Å². The maximum Gasteiger partial charge on any atom is 0.241 e. The van der Waals surface area contributed by atoms with E-state index in [0.29, 0.717) is 18.7 Å². The van der Waals surface area contributed by atoms with Crippen molar-refractivity contribution in [2.75, 3.05) is 0 Å². The van der Waals surface area contributed by atoms with E-state index in [1.807, 2.05) is 14.0 Å². The molecule has 1 N–H and O–H groups in total. The minimum Gasteiger partial charge on any atom is -0.345 e. The highest BCUT2D eigenvalue weighted by atomic mass is 16.2. The molecule has 1 unspecified atom stereocenters. The maximum absolute atomic E-state index is 11.8. The third-order valence-corrected chi connectivity index (χ3v) is 2.88. The van der Waals surface area contributed by atoms with Gasteiger partial charge in [0.15, 0.2) is 5.82 Å². The second-order valence-electron chi connectivity index (χ2n) is 4.19. The van der Waals surface area contributed by atoms with Gasteiger partial charge < -0.3 is 9.88 Å². The van der Waals surface area contributed by atoms with Crippen LogP contribution in [0.5, 0.6) is 0 Å². The standard InChI is InChI=1S/C10H13N5O/c1-7(8-14-12-6-15(8)2)13-9(16)10(5-11)3-4-10/h6-7H,3-4H2,1-2H3,(H,13,16). The van der Waals surface area contributed by atoms with Crippen molar-refractivity contribution in [3.05, 3.63) is 12.2 Å². The third kappa shape index (κ3) is 1.65. The van der Waals surface area contributed by atoms with Crippen molar-refractivity contribution in [3.8, 4) is 6.07 Å². The Balaban J connectivity index is 2.04. The van der Waals surface area contributed by atoms with Gasteiger partial charge in [-0.15, -0.1) is 10.2 Å². The largest absolute Gasteiger partial charge is 0.345 e. The first-order chi connectivity index (χ1) is 7.59. The van der Waals surface area contributed by atoms with Crippen LogP contribution in [0, 0.1) is 16.7 Å². The summed E-state index contributed by atoms with van der Waals surface area (Å²) >= 11 is 0. The van der Waals surface area contributed by atoms with Gasteiger partial charge in [0.25, 0.3) is 0 Å². The van der Waals surface area contributed by atoms with E-state index >= 15 is 0 Å². The molecule has 0 aromatic carbocycles. The summed E-state index contributed by atoms with van der Waals surface area (Å²) in [6.07, 6.45) is 2.89. The molecular weight excluding hydrogens is 206 g/mol. The molecule has 1 aliphatic rings. The fourth-order valence-corrected chi connectivity index (χ4v) is 1.60. The fourth-order valence-electron chi connectivity index (χ4n) is 1.60. The van der Waals surface area contributed by atoms with Crippen LogP contribution >= 0.6 is 0 Å². The highest BCUT2D eigenvalue weighted by Gasteiger charge is 2.51. The Kier molecular flexibility index (Phi) is 2.38. The van der Waals surface area contributed by atoms with E-state index in [-0.39, 0.29) is 11.9 Å². The summed E-state index contributed by atoms with van der Waals surface area (Å²) in [4.78, 5) is 11.8. The van der Waals surface area contributed by atoms with Crippen LogP contribution in [0.1, 0.15) is 31.6 Å². The third-order valence-electron chi connectivity index (χ3n) is 2.88. The van der Waals surface area contributed by atoms with Gasteiger partial charge in [0.1, 0.15) is 11.7 Å². The molecule has 1 aliphatic carbocycles. The van der Waals surface area contributed by atoms with Gasteiger partial charge in [0.2, 0.25) is 5.91 Å². The molecule has 1 saturated carbocycles. The first-order valence-electron chi connectivity index (χ1n) is 5.15. The van der Waals surface area contributed by atoms with Gasteiger partial charge in [-0.05, 0) is 19.8 Å². The summed E-state index contributed by atoms with van der Waals surface area (Å²) in [6.45, 7) is 1.83. The number of hydrogen-bond acceptors (Lipinski definition) is 4. The number of nitrogens with one attached hydrogen (secondary N) is 1. The maximum atomic E-state index is 11.8. The monoisotopic (exact) mass is 219 g/mol. The van der Waals surface area contributed by atoms with Crippen molar-refractivity contribution < 1.29 is 4.79 Å². The zero-order chi connectivity index (χ0) is 11.8. The van der Waals surface area contributed by atoms with Crippen molar-refractivity contribution >= 4 is 5.91 Å². The van der Waals surface area contributed by atoms with Crippen molar-refractivity contribution in [1.29, 1.82) is 5.26 Å². The van der Waals surface area contributed by atoms with Crippen LogP contribution in [0.15, 0.2) is 6.33 Å². The quantitative estimate of drug-likeness (QED) is 0.792. The summed E-state index contributed by atoms with van der Waals surface area (Å²) in [6, 6.07) is 1.83. The average molecular weight is 219 g/mol. The molecule has 0 aliphatic heterocycles. The minimum atomic E-state index is -0.785. The summed E-state index contributed by atoms with van der Waals surface area (Å²) in [5.74, 6) is 0.479. The molecule has 84 valence electrons. The highest BCUT2D eigenvalue weighted by molar-refractivity contribution is 5.88. The Morgan fingerprint density at radius 2 is 2.44 bits per heavy atom. The summed E-state index contributed by atoms with van der Waals surface area (Å²) < 4.78 is 1.75. The van der Waals surface area contributed by atoms with Gasteiger partial charge in [-0.25, -0.2) is 0 Å². The van der Waals surface area contributed by atoms with Crippen LogP contribution in [0.2, 0.25) is 0 Å². The molecule has 0 bridgehead atoms. The molecule has 6 nitrogen and oxygen atoms in total. The van der Waals surface area contributed by atoms with Crippen LogP contribution in [0.25, 0.3) is 0 Å². The molecule has 0 spiro atoms. The zero-order valence-electron chi connectivity index (χ0n) is 9.27. The molecule has 0 saturated heterocycles. The Morgan fingerprint density at radius 3 is 2.88 bits per heavy atom. The van der Waals surface area contributed by atoms with Gasteiger partial charge >= 0.3 is 0 Å². The first kappa shape index (κ1) is 10.6. The van der Waals surface area contributed by atoms with Crippen LogP contribution in [-0.2, 0) is 11.8 Å². The van der Waals surface area contributed by atoms with Crippen molar-refractivity contribution in [3.63, 3.8) is 0 Å². The molecule has 1 atom stereocenters. The first-order valence-corrected chi connectivity index (χ1v) is 5.15. The molecule has 1 heterocycles. The summed E-state index contributed by atoms with van der Waals surface area (Å²) in [5.41, 5.74) is -0.785. The number of carbonyl (C=O) groups excluding carboxylic acids is 1. The lowest BCUT2D eigenvalue weighted by Gasteiger charge is -2.14. The molecular formula is C10H13N5O. The summed E-state index contributed by atoms with van der Waals surface area (Å²) in [5, 5.41) is 19.3. The number of rotatable bonds is 3. The molecule has 2 rings (SSSR count). The molecule has 1 amide bonds. The van der Waals surface area contributed by atoms with Gasteiger partial charge in [0, 0.05) is 7.05 Å². The Bertz CT molecular complexity index is 454. The molecule has 6 heteroatoms. The Morgan fingerprint density at radius 1 is 1.75 bits per heavy atom. The van der Waals surface area contributed by atoms with Crippen molar-refractivity contribution in [1.82, 2.24) is 20.1 Å². The number of amides is 1. The van der Waals surface area contributed by atoms with Crippen LogP contribution in [0.4, 0.5) is 0 Å².